The fraction of sp³-hybridized carbons (Fsp3) is 0.250. The molecule has 0 bridgehead atoms. The summed E-state index contributed by atoms with van der Waals surface area (Å²) in [6.07, 6.45) is 0.787. The van der Waals surface area contributed by atoms with E-state index in [9.17, 15) is 21.2 Å². The molecule has 17 heavy (non-hydrogen) atoms. The van der Waals surface area contributed by atoms with E-state index in [0.717, 1.165) is 12.3 Å². The van der Waals surface area contributed by atoms with Crippen LogP contribution in [-0.2, 0) is 19.9 Å². The van der Waals surface area contributed by atoms with Crippen molar-refractivity contribution in [2.45, 2.75) is 0 Å². The molecular formula is C8H11FN2O4S2. The Kier molecular flexibility index (Phi) is 3.62. The van der Waals surface area contributed by atoms with E-state index in [4.69, 9.17) is 5.73 Å². The lowest BCUT2D eigenvalue weighted by molar-refractivity contribution is 0.595. The van der Waals surface area contributed by atoms with Crippen LogP contribution >= 0.6 is 0 Å². The van der Waals surface area contributed by atoms with Gasteiger partial charge in [-0.25, -0.2) is 21.2 Å². The molecule has 0 saturated carbocycles. The van der Waals surface area contributed by atoms with Gasteiger partial charge >= 0.3 is 0 Å². The Morgan fingerprint density at radius 1 is 1.29 bits per heavy atom. The Bertz CT molecular complexity index is 625. The van der Waals surface area contributed by atoms with E-state index in [2.05, 4.69) is 0 Å². The number of sulfonamides is 1. The van der Waals surface area contributed by atoms with Crippen LogP contribution in [0.5, 0.6) is 0 Å². The quantitative estimate of drug-likeness (QED) is 0.765. The molecule has 0 atom stereocenters. The number of nitrogen functional groups attached to an aromatic ring is 1. The van der Waals surface area contributed by atoms with Crippen molar-refractivity contribution < 1.29 is 21.2 Å². The molecule has 0 fully saturated rings. The molecule has 0 radical (unpaired) electrons. The first-order valence-electron chi connectivity index (χ1n) is 4.32. The number of rotatable bonds is 4. The van der Waals surface area contributed by atoms with Gasteiger partial charge in [0.2, 0.25) is 10.0 Å². The Balaban J connectivity index is 2.95. The lowest BCUT2D eigenvalue weighted by Crippen LogP contribution is -2.22. The van der Waals surface area contributed by atoms with E-state index in [1.807, 2.05) is 4.72 Å². The number of nitrogens with two attached hydrogens (primary N) is 1. The fourth-order valence-electron chi connectivity index (χ4n) is 1.08. The maximum Gasteiger partial charge on any atom is 0.247 e. The number of benzene rings is 1. The molecule has 1 rings (SSSR count). The molecule has 1 aromatic rings. The van der Waals surface area contributed by atoms with Crippen molar-refractivity contribution in [1.82, 2.24) is 0 Å². The van der Waals surface area contributed by atoms with E-state index < -0.39 is 30.8 Å². The number of anilines is 2. The SMILES string of the molecule is CS(=O)(=O)CS(=O)(=O)Nc1ccc(N)c(F)c1. The minimum atomic E-state index is -4.07. The molecular weight excluding hydrogens is 271 g/mol. The predicted octanol–water partition coefficient (Wildman–Crippen LogP) is 0.152. The van der Waals surface area contributed by atoms with E-state index >= 15 is 0 Å². The van der Waals surface area contributed by atoms with Crippen LogP contribution in [-0.4, -0.2) is 28.2 Å². The summed E-state index contributed by atoms with van der Waals surface area (Å²) in [5, 5.41) is -1.06. The van der Waals surface area contributed by atoms with E-state index in [1.54, 1.807) is 0 Å². The van der Waals surface area contributed by atoms with Crippen LogP contribution in [0.2, 0.25) is 0 Å². The van der Waals surface area contributed by atoms with Crippen LogP contribution in [0.3, 0.4) is 0 Å². The molecule has 0 unspecified atom stereocenters. The summed E-state index contributed by atoms with van der Waals surface area (Å²) in [5.74, 6) is -0.787. The van der Waals surface area contributed by atoms with Gasteiger partial charge < -0.3 is 5.73 Å². The molecule has 9 heteroatoms. The summed E-state index contributed by atoms with van der Waals surface area (Å²) >= 11 is 0. The van der Waals surface area contributed by atoms with E-state index in [-0.39, 0.29) is 11.4 Å². The number of sulfone groups is 1. The molecule has 0 spiro atoms. The smallest absolute Gasteiger partial charge is 0.247 e. The second-order valence-electron chi connectivity index (χ2n) is 3.50. The Hall–Kier alpha value is -1.35. The zero-order chi connectivity index (χ0) is 13.3. The summed E-state index contributed by atoms with van der Waals surface area (Å²) < 4.78 is 59.4. The summed E-state index contributed by atoms with van der Waals surface area (Å²) in [5.41, 5.74) is 4.99. The van der Waals surface area contributed by atoms with Crippen LogP contribution in [0.15, 0.2) is 18.2 Å². The highest BCUT2D eigenvalue weighted by Gasteiger charge is 2.18. The molecule has 3 N–H and O–H groups in total. The van der Waals surface area contributed by atoms with Gasteiger partial charge in [-0.2, -0.15) is 0 Å². The predicted molar refractivity (Wildman–Crippen MR) is 63.1 cm³/mol. The number of nitrogens with one attached hydrogen (secondary N) is 1. The maximum atomic E-state index is 13.0. The molecule has 6 nitrogen and oxygen atoms in total. The Labute approximate surface area is 98.6 Å². The molecule has 0 aliphatic rings. The summed E-state index contributed by atoms with van der Waals surface area (Å²) in [4.78, 5) is 0. The Morgan fingerprint density at radius 2 is 1.88 bits per heavy atom. The first-order valence-corrected chi connectivity index (χ1v) is 8.03. The molecule has 0 saturated heterocycles. The zero-order valence-corrected chi connectivity index (χ0v) is 10.5. The fourth-order valence-corrected chi connectivity index (χ4v) is 4.06. The van der Waals surface area contributed by atoms with Crippen molar-refractivity contribution >= 4 is 31.2 Å². The van der Waals surface area contributed by atoms with Crippen LogP contribution in [0, 0.1) is 5.82 Å². The second kappa shape index (κ2) is 4.49. The normalized spacial score (nSPS) is 12.4. The highest BCUT2D eigenvalue weighted by atomic mass is 32.3. The highest BCUT2D eigenvalue weighted by Crippen LogP contribution is 2.17. The van der Waals surface area contributed by atoms with E-state index in [1.165, 1.54) is 12.1 Å². The first-order chi connectivity index (χ1) is 7.59. The van der Waals surface area contributed by atoms with Crippen molar-refractivity contribution in [2.75, 3.05) is 21.8 Å². The van der Waals surface area contributed by atoms with Crippen molar-refractivity contribution in [3.05, 3.63) is 24.0 Å². The second-order valence-corrected chi connectivity index (χ2v) is 7.72. The van der Waals surface area contributed by atoms with Gasteiger partial charge in [0.25, 0.3) is 0 Å². The third-order valence-electron chi connectivity index (χ3n) is 1.64. The van der Waals surface area contributed by atoms with Gasteiger partial charge in [0, 0.05) is 12.3 Å². The van der Waals surface area contributed by atoms with Gasteiger partial charge in [-0.3, -0.25) is 4.72 Å². The van der Waals surface area contributed by atoms with Gasteiger partial charge in [-0.15, -0.1) is 0 Å². The van der Waals surface area contributed by atoms with Crippen molar-refractivity contribution in [2.24, 2.45) is 0 Å². The molecule has 0 aliphatic heterocycles. The summed E-state index contributed by atoms with van der Waals surface area (Å²) in [6.45, 7) is 0. The largest absolute Gasteiger partial charge is 0.396 e. The summed E-state index contributed by atoms with van der Waals surface area (Å²) in [6, 6.07) is 3.28. The molecule has 0 amide bonds. The van der Waals surface area contributed by atoms with E-state index in [0.29, 0.717) is 0 Å². The number of hydrogen-bond donors (Lipinski definition) is 2. The van der Waals surface area contributed by atoms with Gasteiger partial charge in [0.05, 0.1) is 11.4 Å². The lowest BCUT2D eigenvalue weighted by atomic mass is 10.3. The average molecular weight is 282 g/mol. The maximum absolute atomic E-state index is 13.0. The monoisotopic (exact) mass is 282 g/mol. The van der Waals surface area contributed by atoms with Crippen molar-refractivity contribution in [1.29, 1.82) is 0 Å². The van der Waals surface area contributed by atoms with Crippen LogP contribution in [0.4, 0.5) is 15.8 Å². The minimum absolute atomic E-state index is 0.0830. The standard InChI is InChI=1S/C8H11FN2O4S2/c1-16(12,13)5-17(14,15)11-6-2-3-8(10)7(9)4-6/h2-4,11H,5,10H2,1H3. The van der Waals surface area contributed by atoms with Crippen LogP contribution in [0.1, 0.15) is 0 Å². The van der Waals surface area contributed by atoms with Gasteiger partial charge in [-0.1, -0.05) is 0 Å². The molecule has 96 valence electrons. The number of hydrogen-bond acceptors (Lipinski definition) is 5. The highest BCUT2D eigenvalue weighted by molar-refractivity contribution is 8.08. The molecule has 0 heterocycles. The topological polar surface area (TPSA) is 106 Å². The average Bonchev–Trinajstić information content (AvgIpc) is 2.06. The van der Waals surface area contributed by atoms with Crippen molar-refractivity contribution in [3.8, 4) is 0 Å². The first kappa shape index (κ1) is 13.7. The number of halogens is 1. The van der Waals surface area contributed by atoms with Crippen molar-refractivity contribution in [3.63, 3.8) is 0 Å². The van der Waals surface area contributed by atoms with Crippen LogP contribution in [0.25, 0.3) is 0 Å². The zero-order valence-electron chi connectivity index (χ0n) is 8.84. The summed E-state index contributed by atoms with van der Waals surface area (Å²) in [7, 11) is -7.76. The molecule has 0 aromatic heterocycles. The van der Waals surface area contributed by atoms with Crippen LogP contribution < -0.4 is 10.5 Å². The third-order valence-corrected chi connectivity index (χ3v) is 5.14. The lowest BCUT2D eigenvalue weighted by Gasteiger charge is -2.07. The van der Waals surface area contributed by atoms with Gasteiger partial charge in [0.1, 0.15) is 5.82 Å². The molecule has 0 aliphatic carbocycles. The Morgan fingerprint density at radius 3 is 2.35 bits per heavy atom. The third kappa shape index (κ3) is 4.57. The minimum Gasteiger partial charge on any atom is -0.396 e. The van der Waals surface area contributed by atoms with Gasteiger partial charge in [-0.05, 0) is 12.1 Å². The van der Waals surface area contributed by atoms with Gasteiger partial charge in [0.15, 0.2) is 14.9 Å². The molecule has 1 aromatic carbocycles.